The molecule has 0 bridgehead atoms. The molecule has 2 fully saturated rings. The molecule has 2 aliphatic heterocycles. The number of fused-ring (bicyclic) bond motifs is 1. The third-order valence-corrected chi connectivity index (χ3v) is 7.98. The van der Waals surface area contributed by atoms with E-state index in [1.165, 1.54) is 22.0 Å². The Hall–Kier alpha value is -2.70. The summed E-state index contributed by atoms with van der Waals surface area (Å²) in [5.74, 6) is -0.448. The highest BCUT2D eigenvalue weighted by Crippen LogP contribution is 2.39. The molecule has 2 aliphatic rings. The molecule has 13 heteroatoms. The molecule has 0 saturated carbocycles. The van der Waals surface area contributed by atoms with Gasteiger partial charge in [0.15, 0.2) is 11.5 Å². The molecule has 0 aliphatic carbocycles. The average molecular weight is 541 g/mol. The molecule has 1 aromatic carbocycles. The highest BCUT2D eigenvalue weighted by Gasteiger charge is 2.29. The number of nitrogens with one attached hydrogen (secondary N) is 1. The number of pyridine rings is 1. The van der Waals surface area contributed by atoms with Gasteiger partial charge < -0.3 is 15.0 Å². The molecule has 1 N–H and O–H groups in total. The quantitative estimate of drug-likeness (QED) is 0.418. The van der Waals surface area contributed by atoms with E-state index in [4.69, 9.17) is 16.3 Å². The third kappa shape index (κ3) is 4.69. The fourth-order valence-electron chi connectivity index (χ4n) is 4.49. The number of hydrogen-bond acceptors (Lipinski definition) is 7. The van der Waals surface area contributed by atoms with Gasteiger partial charge in [-0.2, -0.15) is 0 Å². The van der Waals surface area contributed by atoms with Crippen molar-refractivity contribution in [2.24, 2.45) is 0 Å². The number of nitrogens with zero attached hydrogens (tertiary/aromatic N) is 5. The van der Waals surface area contributed by atoms with Crippen LogP contribution in [0, 0.1) is 0 Å². The lowest BCUT2D eigenvalue weighted by Gasteiger charge is -2.34. The van der Waals surface area contributed by atoms with Crippen LogP contribution >= 0.6 is 11.6 Å². The number of rotatable bonds is 7. The summed E-state index contributed by atoms with van der Waals surface area (Å²) in [6, 6.07) is 6.94. The van der Waals surface area contributed by atoms with Crippen LogP contribution in [0.1, 0.15) is 44.2 Å². The average Bonchev–Trinajstić information content (AvgIpc) is 3.18. The molecule has 9 nitrogen and oxygen atoms in total. The Morgan fingerprint density at radius 3 is 2.56 bits per heavy atom. The summed E-state index contributed by atoms with van der Waals surface area (Å²) in [5.41, 5.74) is 2.48. The van der Waals surface area contributed by atoms with Crippen LogP contribution in [0.3, 0.4) is 0 Å². The zero-order valence-corrected chi connectivity index (χ0v) is 21.5. The van der Waals surface area contributed by atoms with Crippen molar-refractivity contribution in [3.05, 3.63) is 35.2 Å². The number of benzene rings is 1. The first-order valence-corrected chi connectivity index (χ1v) is 13.9. The molecule has 1 atom stereocenters. The van der Waals surface area contributed by atoms with E-state index in [9.17, 15) is 17.2 Å². The minimum atomic E-state index is -3.58. The van der Waals surface area contributed by atoms with E-state index in [2.05, 4.69) is 20.2 Å². The number of imidazole rings is 1. The van der Waals surface area contributed by atoms with E-state index in [0.717, 1.165) is 44.3 Å². The minimum Gasteiger partial charge on any atom is -0.371 e. The van der Waals surface area contributed by atoms with Crippen molar-refractivity contribution in [1.82, 2.24) is 14.5 Å². The fraction of sp³-hybridized carbons (Fsp3) is 0.478. The van der Waals surface area contributed by atoms with E-state index in [0.29, 0.717) is 30.1 Å². The molecule has 1 unspecified atom stereocenters. The van der Waals surface area contributed by atoms with E-state index < -0.39 is 28.5 Å². The van der Waals surface area contributed by atoms with E-state index in [1.807, 2.05) is 6.07 Å². The second-order valence-corrected chi connectivity index (χ2v) is 11.4. The molecule has 0 amide bonds. The molecule has 4 heterocycles. The summed E-state index contributed by atoms with van der Waals surface area (Å²) in [7, 11) is -2.11. The van der Waals surface area contributed by atoms with E-state index in [-0.39, 0.29) is 16.3 Å². The molecular weight excluding hydrogens is 514 g/mol. The van der Waals surface area contributed by atoms with Gasteiger partial charge in [-0.1, -0.05) is 11.6 Å². The lowest BCUT2D eigenvalue weighted by molar-refractivity contribution is -0.0363. The van der Waals surface area contributed by atoms with Gasteiger partial charge in [0.2, 0.25) is 10.0 Å². The Labute approximate surface area is 213 Å². The Morgan fingerprint density at radius 2 is 1.94 bits per heavy atom. The van der Waals surface area contributed by atoms with Gasteiger partial charge >= 0.3 is 0 Å². The third-order valence-electron chi connectivity index (χ3n) is 6.59. The number of ether oxygens (including phenoxy) is 1. The second-order valence-electron chi connectivity index (χ2n) is 9.02. The lowest BCUT2D eigenvalue weighted by Crippen LogP contribution is -2.37. The highest BCUT2D eigenvalue weighted by molar-refractivity contribution is 7.92. The molecule has 0 spiro atoms. The molecule has 194 valence electrons. The van der Waals surface area contributed by atoms with Gasteiger partial charge in [0.1, 0.15) is 16.9 Å². The minimum absolute atomic E-state index is 0.0815. The molecule has 2 saturated heterocycles. The lowest BCUT2D eigenvalue weighted by atomic mass is 10.1. The predicted octanol–water partition coefficient (Wildman–Crippen LogP) is 5.07. The standard InChI is InChI=1S/C23H27ClF2N6O3S/c1-30(36(2,33)34)17-12-14(31-9-5-10-31)7-8-15(17)27-16-13-18(24)28-22-20(16)29-23(21(25)26)32(22)19-6-3-4-11-35-19/h7-8,12-13,19,21H,3-6,9-11H2,1-2H3,(H,27,28). The molecule has 2 aromatic heterocycles. The summed E-state index contributed by atoms with van der Waals surface area (Å²) in [5, 5.41) is 3.26. The smallest absolute Gasteiger partial charge is 0.295 e. The van der Waals surface area contributed by atoms with Crippen LogP contribution in [0.4, 0.5) is 31.5 Å². The van der Waals surface area contributed by atoms with Gasteiger partial charge in [-0.3, -0.25) is 8.87 Å². The monoisotopic (exact) mass is 540 g/mol. The van der Waals surface area contributed by atoms with Gasteiger partial charge in [-0.15, -0.1) is 0 Å². The molecular formula is C23H27ClF2N6O3S. The van der Waals surface area contributed by atoms with Crippen molar-refractivity contribution in [2.45, 2.75) is 38.3 Å². The predicted molar refractivity (Wildman–Crippen MR) is 136 cm³/mol. The summed E-state index contributed by atoms with van der Waals surface area (Å²) >= 11 is 6.32. The zero-order chi connectivity index (χ0) is 25.6. The van der Waals surface area contributed by atoms with Crippen LogP contribution in [-0.4, -0.2) is 56.0 Å². The van der Waals surface area contributed by atoms with Crippen LogP contribution in [0.2, 0.25) is 5.15 Å². The maximum absolute atomic E-state index is 14.0. The first-order chi connectivity index (χ1) is 17.1. The summed E-state index contributed by atoms with van der Waals surface area (Å²) in [6.07, 6.45) is 0.985. The second kappa shape index (κ2) is 9.64. The van der Waals surface area contributed by atoms with Crippen molar-refractivity contribution in [2.75, 3.05) is 47.5 Å². The largest absolute Gasteiger partial charge is 0.371 e. The normalized spacial score (nSPS) is 18.5. The number of hydrogen-bond donors (Lipinski definition) is 1. The van der Waals surface area contributed by atoms with Crippen LogP contribution in [0.25, 0.3) is 11.2 Å². The van der Waals surface area contributed by atoms with Gasteiger partial charge in [0, 0.05) is 38.5 Å². The topological polar surface area (TPSA) is 92.6 Å². The van der Waals surface area contributed by atoms with Crippen LogP contribution in [0.5, 0.6) is 0 Å². The van der Waals surface area contributed by atoms with Crippen molar-refractivity contribution >= 4 is 55.5 Å². The van der Waals surface area contributed by atoms with Crippen molar-refractivity contribution in [1.29, 1.82) is 0 Å². The fourth-order valence-corrected chi connectivity index (χ4v) is 5.19. The van der Waals surface area contributed by atoms with Crippen molar-refractivity contribution in [3.8, 4) is 0 Å². The highest BCUT2D eigenvalue weighted by atomic mass is 35.5. The molecule has 3 aromatic rings. The first kappa shape index (κ1) is 25.0. The van der Waals surface area contributed by atoms with E-state index >= 15 is 0 Å². The molecule has 36 heavy (non-hydrogen) atoms. The van der Waals surface area contributed by atoms with Gasteiger partial charge in [0.05, 0.1) is 23.3 Å². The maximum atomic E-state index is 14.0. The number of alkyl halides is 2. The molecule has 0 radical (unpaired) electrons. The van der Waals surface area contributed by atoms with Gasteiger partial charge in [-0.25, -0.2) is 27.2 Å². The number of halogens is 3. The first-order valence-electron chi connectivity index (χ1n) is 11.7. The Morgan fingerprint density at radius 1 is 1.17 bits per heavy atom. The number of aromatic nitrogens is 3. The molecule has 5 rings (SSSR count). The van der Waals surface area contributed by atoms with Crippen LogP contribution in [-0.2, 0) is 14.8 Å². The van der Waals surface area contributed by atoms with Gasteiger partial charge in [-0.05, 0) is 43.9 Å². The Bertz CT molecular complexity index is 1390. The summed E-state index contributed by atoms with van der Waals surface area (Å²) in [6.45, 7) is 2.25. The van der Waals surface area contributed by atoms with Crippen LogP contribution in [0.15, 0.2) is 24.3 Å². The van der Waals surface area contributed by atoms with Crippen molar-refractivity contribution in [3.63, 3.8) is 0 Å². The van der Waals surface area contributed by atoms with Crippen LogP contribution < -0.4 is 14.5 Å². The Balaban J connectivity index is 1.62. The summed E-state index contributed by atoms with van der Waals surface area (Å²) < 4.78 is 61.2. The number of anilines is 4. The SMILES string of the molecule is CN(c1cc(N2CCC2)ccc1Nc1cc(Cl)nc2c1nc(C(F)F)n2C1CCCCO1)S(C)(=O)=O. The van der Waals surface area contributed by atoms with Crippen molar-refractivity contribution < 1.29 is 21.9 Å². The zero-order valence-electron chi connectivity index (χ0n) is 19.9. The van der Waals surface area contributed by atoms with E-state index in [1.54, 1.807) is 12.1 Å². The summed E-state index contributed by atoms with van der Waals surface area (Å²) in [4.78, 5) is 10.7. The Kier molecular flexibility index (Phi) is 6.69. The maximum Gasteiger partial charge on any atom is 0.295 e. The van der Waals surface area contributed by atoms with Gasteiger partial charge in [0.25, 0.3) is 6.43 Å². The number of sulfonamides is 1.